The first-order valence-electron chi connectivity index (χ1n) is 16.2. The smallest absolute Gasteiger partial charge is 0.338 e. The number of carbonyl (C=O) groups is 2. The number of hydrogen-bond donors (Lipinski definition) is 0. The highest BCUT2D eigenvalue weighted by molar-refractivity contribution is 6.31. The Morgan fingerprint density at radius 2 is 0.740 bits per heavy atom. The molecule has 0 bridgehead atoms. The second-order valence-corrected chi connectivity index (χ2v) is 14.3. The van der Waals surface area contributed by atoms with Gasteiger partial charge in [0.15, 0.2) is 11.2 Å². The van der Waals surface area contributed by atoms with Crippen molar-refractivity contribution in [1.29, 1.82) is 0 Å². The fourth-order valence-corrected chi connectivity index (χ4v) is 8.32. The van der Waals surface area contributed by atoms with Gasteiger partial charge in [-0.15, -0.1) is 0 Å². The maximum Gasteiger partial charge on any atom is 0.338 e. The molecule has 0 N–H and O–H groups in total. The predicted octanol–water partition coefficient (Wildman–Crippen LogP) is 10.2. The number of esters is 2. The van der Waals surface area contributed by atoms with Crippen LogP contribution >= 0.6 is 46.4 Å². The van der Waals surface area contributed by atoms with Crippen LogP contribution < -0.4 is 0 Å². The van der Waals surface area contributed by atoms with E-state index < -0.39 is 35.0 Å². The lowest BCUT2D eigenvalue weighted by Gasteiger charge is -2.40. The van der Waals surface area contributed by atoms with Crippen LogP contribution in [0.25, 0.3) is 0 Å². The highest BCUT2D eigenvalue weighted by Crippen LogP contribution is 2.57. The van der Waals surface area contributed by atoms with Crippen molar-refractivity contribution in [1.82, 2.24) is 0 Å². The molecule has 1 fully saturated rings. The average molecular weight is 751 g/mol. The highest BCUT2D eigenvalue weighted by atomic mass is 35.5. The van der Waals surface area contributed by atoms with Crippen LogP contribution in [0.2, 0.25) is 20.1 Å². The van der Waals surface area contributed by atoms with Crippen molar-refractivity contribution >= 4 is 58.3 Å². The summed E-state index contributed by atoms with van der Waals surface area (Å²) in [5.74, 6) is -1.33. The molecule has 0 amide bonds. The number of cyclic esters (lactones) is 2. The van der Waals surface area contributed by atoms with E-state index in [0.717, 1.165) is 22.3 Å². The van der Waals surface area contributed by atoms with Gasteiger partial charge in [0.05, 0.1) is 11.1 Å². The highest BCUT2D eigenvalue weighted by Gasteiger charge is 2.57. The molecule has 3 heterocycles. The van der Waals surface area contributed by atoms with E-state index in [4.69, 9.17) is 65.4 Å². The van der Waals surface area contributed by atoms with Crippen molar-refractivity contribution in [2.45, 2.75) is 37.9 Å². The minimum absolute atomic E-state index is 0.139. The third-order valence-electron chi connectivity index (χ3n) is 9.89. The van der Waals surface area contributed by atoms with Crippen molar-refractivity contribution in [2.75, 3.05) is 13.2 Å². The molecule has 0 saturated carbocycles. The van der Waals surface area contributed by atoms with Crippen LogP contribution in [0.3, 0.4) is 0 Å². The Morgan fingerprint density at radius 3 is 1.00 bits per heavy atom. The Hall–Kier alpha value is -3.94. The van der Waals surface area contributed by atoms with E-state index in [-0.39, 0.29) is 13.2 Å². The van der Waals surface area contributed by atoms with Gasteiger partial charge in [-0.05, 0) is 75.2 Å². The molecule has 2 atom stereocenters. The second kappa shape index (κ2) is 13.6. The Morgan fingerprint density at radius 1 is 0.480 bits per heavy atom. The maximum absolute atomic E-state index is 14.0. The summed E-state index contributed by atoms with van der Waals surface area (Å²) in [5, 5.41) is 2.24. The van der Waals surface area contributed by atoms with Crippen LogP contribution in [0, 0.1) is 11.8 Å². The molecule has 1 saturated heterocycles. The molecule has 0 aromatic heterocycles. The van der Waals surface area contributed by atoms with Gasteiger partial charge in [-0.2, -0.15) is 0 Å². The monoisotopic (exact) mass is 748 g/mol. The molecule has 3 aliphatic heterocycles. The summed E-state index contributed by atoms with van der Waals surface area (Å²) >= 11 is 25.5. The summed E-state index contributed by atoms with van der Waals surface area (Å²) in [4.78, 5) is 27.9. The Balaban J connectivity index is 1.44. The molecule has 0 aliphatic carbocycles. The summed E-state index contributed by atoms with van der Waals surface area (Å²) in [5.41, 5.74) is 1.65. The van der Waals surface area contributed by atoms with Crippen molar-refractivity contribution in [3.8, 4) is 0 Å². The van der Waals surface area contributed by atoms with Crippen molar-refractivity contribution in [3.05, 3.63) is 162 Å². The third kappa shape index (κ3) is 5.86. The Kier molecular flexibility index (Phi) is 9.42. The number of fused-ring (bicyclic) bond motifs is 2. The molecule has 4 aromatic carbocycles. The topological polar surface area (TPSA) is 71.1 Å². The van der Waals surface area contributed by atoms with Gasteiger partial charge in [0.25, 0.3) is 0 Å². The largest absolute Gasteiger partial charge is 0.481 e. The van der Waals surface area contributed by atoms with Gasteiger partial charge >= 0.3 is 11.9 Å². The first-order chi connectivity index (χ1) is 24.0. The molecule has 4 aromatic rings. The van der Waals surface area contributed by atoms with E-state index in [9.17, 15) is 9.59 Å². The molecular weight excluding hydrogens is 718 g/mol. The summed E-state index contributed by atoms with van der Waals surface area (Å²) < 4.78 is 25.2. The summed E-state index contributed by atoms with van der Waals surface area (Å²) in [6.45, 7) is 3.28. The Bertz CT molecular complexity index is 1760. The first kappa shape index (κ1) is 34.5. The molecule has 0 spiro atoms. The minimum atomic E-state index is -1.17. The SMILES string of the molecule is CC1=C2C(=O)OCCOC(=O)C3=C(C)OC(c4ccc(Cl)cc4)(c4ccc(Cl)cc4)C3CCC2C(c2ccc(Cl)cc2)(c2ccc(Cl)cc2)O1. The standard InChI is InChI=1S/C40H32Cl4O6/c1-23-35-33(39(49-23,25-3-11-29(41)12-4-25)26-5-13-30(42)14-6-26)19-20-34-36(38(46)48-22-21-47-37(35)45)24(2)50-40(34,27-7-15-31(43)16-8-27)28-9-17-32(44)18-10-28/h3-18,33-34H,19-22H2,1-2H3. The average Bonchev–Trinajstić information content (AvgIpc) is 3.57. The number of allylic oxidation sites excluding steroid dienone is 2. The summed E-state index contributed by atoms with van der Waals surface area (Å²) in [6.07, 6.45) is 0.738. The van der Waals surface area contributed by atoms with Crippen LogP contribution in [0.1, 0.15) is 48.9 Å². The van der Waals surface area contributed by atoms with Gasteiger partial charge in [-0.25, -0.2) is 9.59 Å². The fourth-order valence-electron chi connectivity index (χ4n) is 7.82. The lowest BCUT2D eigenvalue weighted by atomic mass is 9.67. The van der Waals surface area contributed by atoms with Gasteiger partial charge in [-0.1, -0.05) is 94.9 Å². The van der Waals surface area contributed by atoms with E-state index in [1.54, 1.807) is 62.4 Å². The second-order valence-electron chi connectivity index (χ2n) is 12.6. The number of benzene rings is 4. The van der Waals surface area contributed by atoms with Crippen LogP contribution in [-0.2, 0) is 39.7 Å². The van der Waals surface area contributed by atoms with E-state index in [2.05, 4.69) is 0 Å². The van der Waals surface area contributed by atoms with Crippen molar-refractivity contribution < 1.29 is 28.5 Å². The van der Waals surface area contributed by atoms with E-state index in [0.29, 0.717) is 55.6 Å². The number of rotatable bonds is 4. The van der Waals surface area contributed by atoms with Crippen molar-refractivity contribution in [2.24, 2.45) is 11.8 Å². The quantitative estimate of drug-likeness (QED) is 0.194. The number of carbonyl (C=O) groups excluding carboxylic acids is 2. The predicted molar refractivity (Wildman–Crippen MR) is 193 cm³/mol. The van der Waals surface area contributed by atoms with Gasteiger partial charge in [-0.3, -0.25) is 0 Å². The Labute approximate surface area is 310 Å². The molecule has 50 heavy (non-hydrogen) atoms. The number of hydrogen-bond acceptors (Lipinski definition) is 6. The van der Waals surface area contributed by atoms with Crippen LogP contribution in [0.4, 0.5) is 0 Å². The fraction of sp³-hybridized carbons (Fsp3) is 0.250. The molecule has 256 valence electrons. The summed E-state index contributed by atoms with van der Waals surface area (Å²) in [7, 11) is 0. The zero-order valence-electron chi connectivity index (χ0n) is 27.2. The number of ether oxygens (including phenoxy) is 4. The van der Waals surface area contributed by atoms with Gasteiger partial charge in [0.2, 0.25) is 0 Å². The summed E-state index contributed by atoms with van der Waals surface area (Å²) in [6, 6.07) is 29.7. The molecule has 7 rings (SSSR count). The van der Waals surface area contributed by atoms with Crippen LogP contribution in [0.15, 0.2) is 120 Å². The lowest BCUT2D eigenvalue weighted by molar-refractivity contribution is -0.148. The molecule has 10 heteroatoms. The zero-order valence-corrected chi connectivity index (χ0v) is 30.2. The minimum Gasteiger partial charge on any atom is -0.481 e. The molecular formula is C40H32Cl4O6. The van der Waals surface area contributed by atoms with E-state index in [1.165, 1.54) is 0 Å². The molecule has 6 nitrogen and oxygen atoms in total. The van der Waals surface area contributed by atoms with Gasteiger partial charge in [0.1, 0.15) is 24.7 Å². The van der Waals surface area contributed by atoms with Crippen LogP contribution in [-0.4, -0.2) is 25.2 Å². The van der Waals surface area contributed by atoms with Gasteiger partial charge in [0, 0.05) is 54.2 Å². The maximum atomic E-state index is 14.0. The zero-order chi connectivity index (χ0) is 35.2. The van der Waals surface area contributed by atoms with E-state index >= 15 is 0 Å². The lowest BCUT2D eigenvalue weighted by Crippen LogP contribution is -2.40. The molecule has 3 aliphatic rings. The van der Waals surface area contributed by atoms with Crippen molar-refractivity contribution in [3.63, 3.8) is 0 Å². The van der Waals surface area contributed by atoms with Gasteiger partial charge < -0.3 is 18.9 Å². The molecule has 2 unspecified atom stereocenters. The third-order valence-corrected chi connectivity index (χ3v) is 10.9. The normalized spacial score (nSPS) is 21.6. The van der Waals surface area contributed by atoms with E-state index in [1.807, 2.05) is 48.5 Å². The van der Waals surface area contributed by atoms with Crippen LogP contribution in [0.5, 0.6) is 0 Å². The molecule has 0 radical (unpaired) electrons. The number of halogens is 4. The first-order valence-corrected chi connectivity index (χ1v) is 17.7.